The van der Waals surface area contributed by atoms with Crippen LogP contribution < -0.4 is 10.6 Å². The summed E-state index contributed by atoms with van der Waals surface area (Å²) in [5, 5.41) is 31.5. The van der Waals surface area contributed by atoms with Gasteiger partial charge in [-0.1, -0.05) is 56.8 Å². The van der Waals surface area contributed by atoms with E-state index in [9.17, 15) is 55.1 Å². The average molecular weight is 1450 g/mol. The molecule has 0 radical (unpaired) electrons. The molecule has 10 rings (SSSR count). The minimum atomic E-state index is -1.76. The van der Waals surface area contributed by atoms with Gasteiger partial charge in [0.1, 0.15) is 98.2 Å². The van der Waals surface area contributed by atoms with Gasteiger partial charge in [0.2, 0.25) is 11.8 Å². The van der Waals surface area contributed by atoms with Crippen molar-refractivity contribution < 1.29 is 93.0 Å². The molecule has 2 aliphatic rings. The lowest BCUT2D eigenvalue weighted by Crippen LogP contribution is -2.56. The predicted octanol–water partition coefficient (Wildman–Crippen LogP) is 7.49. The van der Waals surface area contributed by atoms with E-state index in [-0.39, 0.29) is 90.4 Å². The van der Waals surface area contributed by atoms with Gasteiger partial charge in [-0.05, 0) is 74.5 Å². The maximum atomic E-state index is 14.7. The molecule has 28 nitrogen and oxygen atoms in total. The number of nitrogens with zero attached hydrogens (tertiary/aromatic N) is 12. The first-order valence-corrected chi connectivity index (χ1v) is 30.7. The summed E-state index contributed by atoms with van der Waals surface area (Å²) in [6, 6.07) is 8.52. The second-order valence-corrected chi connectivity index (χ2v) is 23.6. The van der Waals surface area contributed by atoms with Crippen molar-refractivity contribution in [2.75, 3.05) is 39.5 Å². The number of aromatic nitrogens is 12. The molecule has 2 saturated heterocycles. The SMILES string of the molecule is CC(=O)OC[C@@H]1O[C@H](c2nc(C)nn2-c2cc(Cl)ccc2Cl)[C@@H](OCC(=O)NCCNC(=O)CO[C@@H]2[C@@H](n3cc(-c4cc(F)c(F)c(F)c4)nn3)[C@@H](OC(C)=O)[C@@H](COC(C)=O)O[C@H]2c2nc(C)nn2-c2cc(Cl)ccc2Cl)[C@H](n2cc(-c3cc(F)c(F)c(F)c3)nn2)[C@@H]1OC(C)=O. The van der Waals surface area contributed by atoms with Crippen LogP contribution in [-0.4, -0.2) is 171 Å². The lowest BCUT2D eigenvalue weighted by Gasteiger charge is -2.45. The zero-order chi connectivity index (χ0) is 70.5. The molecule has 2 aliphatic heterocycles. The lowest BCUT2D eigenvalue weighted by atomic mass is 9.91. The largest absolute Gasteiger partial charge is 0.463 e. The van der Waals surface area contributed by atoms with Crippen LogP contribution in [0.5, 0.6) is 0 Å². The van der Waals surface area contributed by atoms with Crippen molar-refractivity contribution in [1.82, 2.24) is 70.2 Å². The van der Waals surface area contributed by atoms with E-state index in [1.54, 1.807) is 0 Å². The van der Waals surface area contributed by atoms with Crippen LogP contribution in [0.25, 0.3) is 33.9 Å². The van der Waals surface area contributed by atoms with Crippen LogP contribution in [0, 0.1) is 48.8 Å². The number of ether oxygens (including phenoxy) is 8. The van der Waals surface area contributed by atoms with Crippen LogP contribution in [-0.2, 0) is 66.7 Å². The molecule has 0 saturated carbocycles. The fourth-order valence-electron chi connectivity index (χ4n) is 10.8. The molecule has 0 unspecified atom stereocenters. The van der Waals surface area contributed by atoms with Crippen molar-refractivity contribution in [3.05, 3.63) is 151 Å². The van der Waals surface area contributed by atoms with Crippen molar-refractivity contribution in [1.29, 1.82) is 0 Å². The molecule has 8 aromatic rings. The first kappa shape index (κ1) is 71.6. The molecule has 0 bridgehead atoms. The fraction of sp³-hybridized carbons (Fsp3) is 0.367. The summed E-state index contributed by atoms with van der Waals surface area (Å²) in [5.74, 6) is -14.7. The van der Waals surface area contributed by atoms with Gasteiger partial charge < -0.3 is 48.5 Å². The van der Waals surface area contributed by atoms with Crippen LogP contribution in [0.4, 0.5) is 26.3 Å². The molecular weight excluding hydrogens is 1400 g/mol. The van der Waals surface area contributed by atoms with E-state index in [0.29, 0.717) is 24.3 Å². The molecule has 2 fully saturated rings. The Bertz CT molecular complexity index is 4040. The van der Waals surface area contributed by atoms with E-state index in [4.69, 9.17) is 84.3 Å². The summed E-state index contributed by atoms with van der Waals surface area (Å²) in [5.41, 5.74) is -0.684. The van der Waals surface area contributed by atoms with Crippen molar-refractivity contribution in [3.63, 3.8) is 0 Å². The van der Waals surface area contributed by atoms with Crippen molar-refractivity contribution >= 4 is 82.1 Å². The first-order valence-electron chi connectivity index (χ1n) is 29.2. The van der Waals surface area contributed by atoms with Gasteiger partial charge in [-0.25, -0.2) is 55.0 Å². The Labute approximate surface area is 569 Å². The summed E-state index contributed by atoms with van der Waals surface area (Å²) in [6.07, 6.45) is -9.92. The molecule has 0 spiro atoms. The smallest absolute Gasteiger partial charge is 0.303 e. The fourth-order valence-corrected chi connectivity index (χ4v) is 11.6. The molecule has 4 aromatic heterocycles. The van der Waals surface area contributed by atoms with Gasteiger partial charge in [0.15, 0.2) is 58.8 Å². The Morgan fingerprint density at radius 1 is 0.520 bits per heavy atom. The highest BCUT2D eigenvalue weighted by Gasteiger charge is 2.55. The minimum Gasteiger partial charge on any atom is -0.463 e. The number of halogens is 10. The third-order valence-electron chi connectivity index (χ3n) is 14.9. The normalized spacial score (nSPS) is 20.7. The zero-order valence-corrected chi connectivity index (χ0v) is 54.8. The third-order valence-corrected chi connectivity index (χ3v) is 16.0. The second kappa shape index (κ2) is 30.7. The maximum absolute atomic E-state index is 14.7. The number of amides is 2. The van der Waals surface area contributed by atoms with Crippen LogP contribution in [0.3, 0.4) is 0 Å². The molecule has 38 heteroatoms. The van der Waals surface area contributed by atoms with Gasteiger partial charge in [-0.2, -0.15) is 10.2 Å². The molecule has 10 atom stereocenters. The zero-order valence-electron chi connectivity index (χ0n) is 51.8. The lowest BCUT2D eigenvalue weighted by molar-refractivity contribution is -0.235. The summed E-state index contributed by atoms with van der Waals surface area (Å²) >= 11 is 26.3. The van der Waals surface area contributed by atoms with Gasteiger partial charge in [0.05, 0.1) is 33.8 Å². The van der Waals surface area contributed by atoms with Crippen molar-refractivity contribution in [3.8, 4) is 33.9 Å². The van der Waals surface area contributed by atoms with Crippen molar-refractivity contribution in [2.45, 2.75) is 102 Å². The van der Waals surface area contributed by atoms with E-state index in [0.717, 1.165) is 49.5 Å². The molecule has 2 N–H and O–H groups in total. The maximum Gasteiger partial charge on any atom is 0.303 e. The van der Waals surface area contributed by atoms with Crippen molar-refractivity contribution in [2.24, 2.45) is 0 Å². The molecule has 0 aliphatic carbocycles. The Balaban J connectivity index is 0.936. The van der Waals surface area contributed by atoms with Crippen LogP contribution >= 0.6 is 46.4 Å². The number of benzene rings is 4. The minimum absolute atomic E-state index is 0.0721. The number of rotatable bonds is 23. The van der Waals surface area contributed by atoms with Crippen LogP contribution in [0.1, 0.15) is 75.3 Å². The molecule has 2 amide bonds. The molecule has 98 heavy (non-hydrogen) atoms. The van der Waals surface area contributed by atoms with E-state index >= 15 is 0 Å². The average Bonchev–Trinajstić information content (AvgIpc) is 1.43. The van der Waals surface area contributed by atoms with Gasteiger partial charge in [0, 0.05) is 62.0 Å². The Kier molecular flexibility index (Phi) is 22.4. The summed E-state index contributed by atoms with van der Waals surface area (Å²) in [4.78, 5) is 88.1. The van der Waals surface area contributed by atoms with E-state index in [2.05, 4.69) is 51.4 Å². The van der Waals surface area contributed by atoms with Gasteiger partial charge >= 0.3 is 23.9 Å². The summed E-state index contributed by atoms with van der Waals surface area (Å²) in [6.45, 7) is 3.80. The third kappa shape index (κ3) is 16.3. The molecule has 6 heterocycles. The van der Waals surface area contributed by atoms with E-state index < -0.39 is 158 Å². The highest BCUT2D eigenvalue weighted by Crippen LogP contribution is 2.45. The van der Waals surface area contributed by atoms with Crippen LogP contribution in [0.2, 0.25) is 20.1 Å². The Hall–Kier alpha value is -9.16. The Morgan fingerprint density at radius 2 is 0.888 bits per heavy atom. The monoisotopic (exact) mass is 1450 g/mol. The number of aryl methyl sites for hydroxylation is 2. The van der Waals surface area contributed by atoms with Gasteiger partial charge in [-0.3, -0.25) is 28.8 Å². The summed E-state index contributed by atoms with van der Waals surface area (Å²) < 4.78 is 140. The number of nitrogens with one attached hydrogen (secondary N) is 2. The molecular formula is C60H54Cl4F6N14O14. The number of esters is 4. The highest BCUT2D eigenvalue weighted by atomic mass is 35.5. The predicted molar refractivity (Wildman–Crippen MR) is 326 cm³/mol. The van der Waals surface area contributed by atoms with E-state index in [1.165, 1.54) is 59.6 Å². The highest BCUT2D eigenvalue weighted by molar-refractivity contribution is 6.35. The molecule has 4 aromatic carbocycles. The number of hydrogen-bond acceptors (Lipinski definition) is 22. The Morgan fingerprint density at radius 3 is 1.23 bits per heavy atom. The quantitative estimate of drug-likeness (QED) is 0.0206. The first-order chi connectivity index (χ1) is 46.6. The second-order valence-electron chi connectivity index (χ2n) is 21.9. The van der Waals surface area contributed by atoms with Crippen LogP contribution in [0.15, 0.2) is 73.1 Å². The molecule has 518 valence electrons. The van der Waals surface area contributed by atoms with Gasteiger partial charge in [0.25, 0.3) is 0 Å². The van der Waals surface area contributed by atoms with E-state index in [1.807, 2.05) is 0 Å². The topological polar surface area (TPSA) is 323 Å². The number of carbonyl (C=O) groups is 6. The van der Waals surface area contributed by atoms with Gasteiger partial charge in [-0.15, -0.1) is 10.2 Å². The number of hydrogen-bond donors (Lipinski definition) is 2. The summed E-state index contributed by atoms with van der Waals surface area (Å²) in [7, 11) is 0. The standard InChI is InChI=1S/C60H54Cl4F6N14O14/c1-25-73-59(83(77-25)43-17-33(61)7-9-35(43)63)57-55(51(53(95-29(5)87)45(97-57)21-91-27(3)85)81-19-41(75-79-81)31-13-37(65)49(69)38(66)14-31)93-23-47(89)71-11-12-72-48(90)24-94-56-52(82-20-42(76-80-82)32-15-39(67)50(70)40(68)16-32)54(96-30(6)88)46(22-92-28(4)86)98-58(56)60-74-26(2)78-84(60)44-18-34(62)8-10-36(44)64/h7-10,13-20,45-46,51-58H,11-12,21-24H2,1-6H3,(H,71,89)(H,72,90)/t45-,46+,51+,52-,53+,54-,55-,56+,57-,58+. The number of carbonyl (C=O) groups excluding carboxylic acids is 6.